The van der Waals surface area contributed by atoms with Crippen LogP contribution < -0.4 is 10.4 Å². The maximum absolute atomic E-state index is 9.21. The van der Waals surface area contributed by atoms with Gasteiger partial charge in [0.1, 0.15) is 35.4 Å². The number of benzene rings is 1. The monoisotopic (exact) mass is 352 g/mol. The Kier molecular flexibility index (Phi) is 8.53. The summed E-state index contributed by atoms with van der Waals surface area (Å²) in [6.45, 7) is 2.12. The summed E-state index contributed by atoms with van der Waals surface area (Å²) in [5.74, 6) is 0.859. The normalized spacial score (nSPS) is 9.25. The highest BCUT2D eigenvalue weighted by atomic mass is 32.2. The van der Waals surface area contributed by atoms with Gasteiger partial charge in [-0.2, -0.15) is 21.0 Å². The van der Waals surface area contributed by atoms with Crippen molar-refractivity contribution in [1.29, 1.82) is 21.0 Å². The molecule has 0 saturated heterocycles. The van der Waals surface area contributed by atoms with Crippen molar-refractivity contribution in [1.82, 2.24) is 0 Å². The number of hydrogen-bond donors (Lipinski definition) is 0. The Bertz CT molecular complexity index is 858. The first kappa shape index (κ1) is 19.7. The molecule has 0 saturated carbocycles. The Morgan fingerprint density at radius 1 is 0.875 bits per heavy atom. The molecule has 0 aliphatic carbocycles. The van der Waals surface area contributed by atoms with E-state index in [1.807, 2.05) is 30.5 Å². The fourth-order valence-corrected chi connectivity index (χ4v) is 3.77. The van der Waals surface area contributed by atoms with Gasteiger partial charge in [0, 0.05) is 20.2 Å². The zero-order valence-corrected chi connectivity index (χ0v) is 15.2. The van der Waals surface area contributed by atoms with Crippen LogP contribution in [0.3, 0.4) is 0 Å². The third-order valence-corrected chi connectivity index (χ3v) is 5.21. The Balaban J connectivity index is 3.69. The predicted octanol–water partition coefficient (Wildman–Crippen LogP) is 3.09. The van der Waals surface area contributed by atoms with E-state index >= 15 is 0 Å². The SMILES string of the molecule is CCCCCSc1cc(=C(C#N)C#N)c(SC)cc1=C(C#N)C#N. The molecule has 0 spiro atoms. The highest BCUT2D eigenvalue weighted by molar-refractivity contribution is 7.99. The van der Waals surface area contributed by atoms with Crippen LogP contribution >= 0.6 is 23.5 Å². The summed E-state index contributed by atoms with van der Waals surface area (Å²) in [6.07, 6.45) is 5.08. The van der Waals surface area contributed by atoms with E-state index in [1.165, 1.54) is 11.8 Å². The molecule has 0 bridgehead atoms. The molecule has 6 heteroatoms. The molecule has 0 radical (unpaired) electrons. The molecule has 0 aromatic heterocycles. The predicted molar refractivity (Wildman–Crippen MR) is 97.0 cm³/mol. The lowest BCUT2D eigenvalue weighted by Crippen LogP contribution is -2.18. The van der Waals surface area contributed by atoms with Crippen molar-refractivity contribution in [3.05, 3.63) is 22.6 Å². The zero-order chi connectivity index (χ0) is 17.9. The van der Waals surface area contributed by atoms with Crippen LogP contribution in [0.25, 0.3) is 11.1 Å². The van der Waals surface area contributed by atoms with Crippen molar-refractivity contribution in [3.63, 3.8) is 0 Å². The molecule has 0 heterocycles. The van der Waals surface area contributed by atoms with Crippen LogP contribution in [-0.4, -0.2) is 12.0 Å². The molecule has 24 heavy (non-hydrogen) atoms. The van der Waals surface area contributed by atoms with Crippen LogP contribution in [0.5, 0.6) is 0 Å². The summed E-state index contributed by atoms with van der Waals surface area (Å²) >= 11 is 2.94. The van der Waals surface area contributed by atoms with Gasteiger partial charge >= 0.3 is 0 Å². The molecule has 120 valence electrons. The third-order valence-electron chi connectivity index (χ3n) is 3.29. The number of hydrogen-bond acceptors (Lipinski definition) is 6. The van der Waals surface area contributed by atoms with E-state index in [2.05, 4.69) is 6.92 Å². The lowest BCUT2D eigenvalue weighted by Gasteiger charge is -2.07. The number of nitrogens with zero attached hydrogens (tertiary/aromatic N) is 4. The van der Waals surface area contributed by atoms with Crippen LogP contribution in [0, 0.1) is 45.3 Å². The van der Waals surface area contributed by atoms with E-state index < -0.39 is 0 Å². The zero-order valence-electron chi connectivity index (χ0n) is 13.6. The lowest BCUT2D eigenvalue weighted by atomic mass is 10.1. The molecule has 4 nitrogen and oxygen atoms in total. The van der Waals surface area contributed by atoms with Gasteiger partial charge in [-0.05, 0) is 30.6 Å². The van der Waals surface area contributed by atoms with Gasteiger partial charge in [0.05, 0.1) is 0 Å². The van der Waals surface area contributed by atoms with Gasteiger partial charge in [-0.25, -0.2) is 0 Å². The van der Waals surface area contributed by atoms with E-state index in [9.17, 15) is 21.0 Å². The highest BCUT2D eigenvalue weighted by Gasteiger charge is 2.09. The van der Waals surface area contributed by atoms with Crippen molar-refractivity contribution < 1.29 is 0 Å². The van der Waals surface area contributed by atoms with E-state index in [0.717, 1.165) is 29.9 Å². The maximum atomic E-state index is 9.21. The summed E-state index contributed by atoms with van der Waals surface area (Å²) in [6, 6.07) is 11.2. The Morgan fingerprint density at radius 2 is 1.38 bits per heavy atom. The summed E-state index contributed by atoms with van der Waals surface area (Å²) in [4.78, 5) is 1.48. The second-order valence-electron chi connectivity index (χ2n) is 4.80. The first-order valence-electron chi connectivity index (χ1n) is 7.36. The van der Waals surface area contributed by atoms with E-state index in [4.69, 9.17) is 0 Å². The largest absolute Gasteiger partial charge is 0.192 e. The average Bonchev–Trinajstić information content (AvgIpc) is 2.61. The molecule has 0 aliphatic rings. The fraction of sp³-hybridized carbons (Fsp3) is 0.333. The van der Waals surface area contributed by atoms with Crippen molar-refractivity contribution in [3.8, 4) is 24.3 Å². The van der Waals surface area contributed by atoms with Crippen LogP contribution in [0.4, 0.5) is 0 Å². The summed E-state index contributed by atoms with van der Waals surface area (Å²) < 4.78 is 0. The average molecular weight is 352 g/mol. The smallest absolute Gasteiger partial charge is 0.138 e. The molecule has 1 rings (SSSR count). The Morgan fingerprint density at radius 3 is 1.83 bits per heavy atom. The number of nitriles is 4. The number of thioether (sulfide) groups is 2. The molecule has 0 unspecified atom stereocenters. The van der Waals surface area contributed by atoms with E-state index in [0.29, 0.717) is 15.3 Å². The second-order valence-corrected chi connectivity index (χ2v) is 6.79. The molecule has 1 aromatic carbocycles. The van der Waals surface area contributed by atoms with E-state index in [1.54, 1.807) is 23.9 Å². The van der Waals surface area contributed by atoms with Gasteiger partial charge < -0.3 is 0 Å². The Hall–Kier alpha value is -2.38. The highest BCUT2D eigenvalue weighted by Crippen LogP contribution is 2.18. The number of unbranched alkanes of at least 4 members (excludes halogenated alkanes) is 2. The molecule has 0 fully saturated rings. The molecular weight excluding hydrogens is 336 g/mol. The van der Waals surface area contributed by atoms with Crippen LogP contribution in [-0.2, 0) is 0 Å². The van der Waals surface area contributed by atoms with Crippen molar-refractivity contribution in [2.75, 3.05) is 12.0 Å². The van der Waals surface area contributed by atoms with Crippen LogP contribution in [0.15, 0.2) is 21.9 Å². The third kappa shape index (κ3) is 4.81. The van der Waals surface area contributed by atoms with E-state index in [-0.39, 0.29) is 11.1 Å². The molecule has 0 amide bonds. The number of rotatable bonds is 6. The molecule has 1 aromatic rings. The quantitative estimate of drug-likeness (QED) is 0.577. The summed E-state index contributed by atoms with van der Waals surface area (Å²) in [5.41, 5.74) is 0.0853. The minimum Gasteiger partial charge on any atom is -0.192 e. The molecule has 0 aliphatic heterocycles. The fourth-order valence-electron chi connectivity index (χ4n) is 2.06. The Labute approximate surface area is 150 Å². The van der Waals surface area contributed by atoms with Gasteiger partial charge in [-0.3, -0.25) is 0 Å². The van der Waals surface area contributed by atoms with Crippen LogP contribution in [0.1, 0.15) is 26.2 Å². The van der Waals surface area contributed by atoms with Gasteiger partial charge in [0.15, 0.2) is 0 Å². The first-order chi connectivity index (χ1) is 11.7. The molecule has 0 N–H and O–H groups in total. The van der Waals surface area contributed by atoms with Crippen molar-refractivity contribution in [2.45, 2.75) is 36.0 Å². The van der Waals surface area contributed by atoms with Crippen LogP contribution in [0.2, 0.25) is 0 Å². The van der Waals surface area contributed by atoms with Crippen molar-refractivity contribution in [2.24, 2.45) is 0 Å². The topological polar surface area (TPSA) is 95.2 Å². The minimum atomic E-state index is 0.0387. The van der Waals surface area contributed by atoms with Gasteiger partial charge in [0.25, 0.3) is 0 Å². The second kappa shape index (κ2) is 10.4. The standard InChI is InChI=1S/C18H16N4S2/c1-3-4-5-6-24-18-8-15(13(9-19)10-20)17(23-2)7-16(18)14(11-21)12-22/h7-8H,3-6H2,1-2H3. The first-order valence-corrected chi connectivity index (χ1v) is 9.57. The maximum Gasteiger partial charge on any atom is 0.138 e. The lowest BCUT2D eigenvalue weighted by molar-refractivity contribution is 0.778. The molecular formula is C18H16N4S2. The van der Waals surface area contributed by atoms with Gasteiger partial charge in [-0.1, -0.05) is 19.8 Å². The summed E-state index contributed by atoms with van der Waals surface area (Å²) in [7, 11) is 0. The van der Waals surface area contributed by atoms with Crippen molar-refractivity contribution >= 4 is 34.7 Å². The van der Waals surface area contributed by atoms with Gasteiger partial charge in [0.2, 0.25) is 0 Å². The molecule has 0 atom stereocenters. The van der Waals surface area contributed by atoms with Gasteiger partial charge in [-0.15, -0.1) is 23.5 Å². The minimum absolute atomic E-state index is 0.0387. The summed E-state index contributed by atoms with van der Waals surface area (Å²) in [5, 5.41) is 37.9.